The highest BCUT2D eigenvalue weighted by atomic mass is 16.1. The molecule has 0 bridgehead atoms. The summed E-state index contributed by atoms with van der Waals surface area (Å²) >= 11 is 0. The maximum Gasteiger partial charge on any atom is 0.248 e. The number of allylic oxidation sites excluding steroid dienone is 1. The van der Waals surface area contributed by atoms with E-state index < -0.39 is 0 Å². The molecule has 0 aliphatic heterocycles. The van der Waals surface area contributed by atoms with E-state index in [-0.39, 0.29) is 5.91 Å². The topological polar surface area (TPSA) is 107 Å². The van der Waals surface area contributed by atoms with Crippen molar-refractivity contribution in [3.63, 3.8) is 0 Å². The quantitative estimate of drug-likeness (QED) is 0.359. The van der Waals surface area contributed by atoms with E-state index in [2.05, 4.69) is 25.8 Å². The lowest BCUT2D eigenvalue weighted by atomic mass is 10.0. The van der Waals surface area contributed by atoms with E-state index >= 15 is 0 Å². The molecule has 0 spiro atoms. The van der Waals surface area contributed by atoms with Gasteiger partial charge >= 0.3 is 0 Å². The normalized spacial score (nSPS) is 11.0. The Hall–Kier alpha value is -4.00. The minimum absolute atomic E-state index is 0.221. The standard InChI is InChI=1S/C21H20N6O/c22-9-1-10-23-12-16-2-5-19(6-3-16)27-21(28)7-4-17-13-24-11-8-20(17)18-14-25-26-15-18/h1-11,13-15,22-23H,12H2,(H,25,26)(H,27,28)/b7-4+,10-1-,22-9?. The van der Waals surface area contributed by atoms with Gasteiger partial charge in [0.05, 0.1) is 6.20 Å². The van der Waals surface area contributed by atoms with Crippen LogP contribution >= 0.6 is 0 Å². The molecular weight excluding hydrogens is 352 g/mol. The highest BCUT2D eigenvalue weighted by molar-refractivity contribution is 6.02. The van der Waals surface area contributed by atoms with Crippen molar-refractivity contribution < 1.29 is 4.79 Å². The number of H-pyrrole nitrogens is 1. The molecule has 4 N–H and O–H groups in total. The van der Waals surface area contributed by atoms with Gasteiger partial charge in [0, 0.05) is 54.2 Å². The Morgan fingerprint density at radius 1 is 1.18 bits per heavy atom. The maximum atomic E-state index is 12.2. The summed E-state index contributed by atoms with van der Waals surface area (Å²) in [6, 6.07) is 9.45. The molecule has 28 heavy (non-hydrogen) atoms. The Bertz CT molecular complexity index is 974. The lowest BCUT2D eigenvalue weighted by Gasteiger charge is -2.05. The van der Waals surface area contributed by atoms with Crippen LogP contribution in [0, 0.1) is 5.41 Å². The number of hydrogen-bond donors (Lipinski definition) is 4. The number of carbonyl (C=O) groups excluding carboxylic acids is 1. The molecule has 0 saturated heterocycles. The van der Waals surface area contributed by atoms with Crippen LogP contribution in [0.1, 0.15) is 11.1 Å². The van der Waals surface area contributed by atoms with E-state index in [9.17, 15) is 4.79 Å². The van der Waals surface area contributed by atoms with Crippen LogP contribution in [0.15, 0.2) is 73.5 Å². The first kappa shape index (κ1) is 18.8. The van der Waals surface area contributed by atoms with E-state index in [0.717, 1.165) is 27.9 Å². The highest BCUT2D eigenvalue weighted by Gasteiger charge is 2.05. The molecule has 140 valence electrons. The van der Waals surface area contributed by atoms with Crippen LogP contribution in [0.5, 0.6) is 0 Å². The highest BCUT2D eigenvalue weighted by Crippen LogP contribution is 2.22. The summed E-state index contributed by atoms with van der Waals surface area (Å²) in [5.41, 5.74) is 4.50. The van der Waals surface area contributed by atoms with E-state index in [0.29, 0.717) is 6.54 Å². The fourth-order valence-electron chi connectivity index (χ4n) is 2.55. The average molecular weight is 372 g/mol. The summed E-state index contributed by atoms with van der Waals surface area (Å²) in [4.78, 5) is 16.4. The monoisotopic (exact) mass is 372 g/mol. The van der Waals surface area contributed by atoms with Crippen molar-refractivity contribution >= 4 is 23.9 Å². The average Bonchev–Trinajstić information content (AvgIpc) is 3.26. The lowest BCUT2D eigenvalue weighted by Crippen LogP contribution is -2.08. The Morgan fingerprint density at radius 2 is 2.04 bits per heavy atom. The van der Waals surface area contributed by atoms with Gasteiger partial charge in [0.25, 0.3) is 0 Å². The molecule has 0 aliphatic carbocycles. The summed E-state index contributed by atoms with van der Waals surface area (Å²) in [6.07, 6.45) is 14.7. The number of carbonyl (C=O) groups is 1. The first-order valence-corrected chi connectivity index (χ1v) is 8.66. The van der Waals surface area contributed by atoms with Gasteiger partial charge in [-0.25, -0.2) is 0 Å². The second-order valence-corrected chi connectivity index (χ2v) is 5.88. The molecule has 0 radical (unpaired) electrons. The van der Waals surface area contributed by atoms with Crippen LogP contribution in [0.2, 0.25) is 0 Å². The summed E-state index contributed by atoms with van der Waals surface area (Å²) in [5.74, 6) is -0.221. The van der Waals surface area contributed by atoms with Crippen LogP contribution in [0.4, 0.5) is 5.69 Å². The zero-order chi connectivity index (χ0) is 19.6. The van der Waals surface area contributed by atoms with Gasteiger partial charge in [-0.05, 0) is 47.7 Å². The summed E-state index contributed by atoms with van der Waals surface area (Å²) in [5, 5.41) is 19.6. The van der Waals surface area contributed by atoms with Crippen molar-refractivity contribution in [1.82, 2.24) is 20.5 Å². The van der Waals surface area contributed by atoms with Crippen molar-refractivity contribution in [2.24, 2.45) is 0 Å². The molecule has 1 amide bonds. The number of amides is 1. The summed E-state index contributed by atoms with van der Waals surface area (Å²) in [7, 11) is 0. The smallest absolute Gasteiger partial charge is 0.248 e. The third-order valence-corrected chi connectivity index (χ3v) is 3.91. The molecule has 0 unspecified atom stereocenters. The Balaban J connectivity index is 1.60. The number of aromatic nitrogens is 3. The van der Waals surface area contributed by atoms with Gasteiger partial charge in [-0.15, -0.1) is 0 Å². The van der Waals surface area contributed by atoms with Crippen LogP contribution in [-0.2, 0) is 11.3 Å². The number of benzene rings is 1. The number of rotatable bonds is 8. The van der Waals surface area contributed by atoms with Crippen LogP contribution in [0.3, 0.4) is 0 Å². The molecule has 3 rings (SSSR count). The molecule has 2 aromatic heterocycles. The molecule has 7 heteroatoms. The number of nitrogens with zero attached hydrogens (tertiary/aromatic N) is 2. The van der Waals surface area contributed by atoms with Crippen molar-refractivity contribution in [3.05, 3.63) is 84.6 Å². The number of anilines is 1. The third-order valence-electron chi connectivity index (χ3n) is 3.91. The molecule has 0 aliphatic rings. The predicted octanol–water partition coefficient (Wildman–Crippen LogP) is 3.38. The Labute approximate surface area is 162 Å². The van der Waals surface area contributed by atoms with E-state index in [1.165, 1.54) is 12.3 Å². The third kappa shape index (κ3) is 5.25. The van der Waals surface area contributed by atoms with Crippen molar-refractivity contribution in [1.29, 1.82) is 5.41 Å². The SMILES string of the molecule is N=C/C=C\NCc1ccc(NC(=O)/C=C/c2cnccc2-c2cn[nH]c2)cc1. The van der Waals surface area contributed by atoms with Gasteiger partial charge in [-0.2, -0.15) is 5.10 Å². The van der Waals surface area contributed by atoms with Gasteiger partial charge in [0.2, 0.25) is 5.91 Å². The van der Waals surface area contributed by atoms with Gasteiger partial charge in [0.15, 0.2) is 0 Å². The second-order valence-electron chi connectivity index (χ2n) is 5.88. The van der Waals surface area contributed by atoms with Crippen molar-refractivity contribution in [3.8, 4) is 11.1 Å². The first-order chi connectivity index (χ1) is 13.8. The zero-order valence-corrected chi connectivity index (χ0v) is 15.1. The zero-order valence-electron chi connectivity index (χ0n) is 15.1. The van der Waals surface area contributed by atoms with Gasteiger partial charge in [-0.1, -0.05) is 12.1 Å². The minimum Gasteiger partial charge on any atom is -0.387 e. The fraction of sp³-hybridized carbons (Fsp3) is 0.0476. The summed E-state index contributed by atoms with van der Waals surface area (Å²) < 4.78 is 0. The number of nitrogens with one attached hydrogen (secondary N) is 4. The van der Waals surface area contributed by atoms with Crippen molar-refractivity contribution in [2.45, 2.75) is 6.54 Å². The van der Waals surface area contributed by atoms with Crippen LogP contribution in [0.25, 0.3) is 17.2 Å². The predicted molar refractivity (Wildman–Crippen MR) is 111 cm³/mol. The Morgan fingerprint density at radius 3 is 2.79 bits per heavy atom. The largest absolute Gasteiger partial charge is 0.387 e. The second kappa shape index (κ2) is 9.63. The summed E-state index contributed by atoms with van der Waals surface area (Å²) in [6.45, 7) is 0.649. The lowest BCUT2D eigenvalue weighted by molar-refractivity contribution is -0.111. The van der Waals surface area contributed by atoms with E-state index in [1.807, 2.05) is 30.3 Å². The molecule has 2 heterocycles. The number of pyridine rings is 1. The molecule has 1 aromatic carbocycles. The number of hydrogen-bond acceptors (Lipinski definition) is 5. The molecule has 7 nitrogen and oxygen atoms in total. The van der Waals surface area contributed by atoms with Crippen molar-refractivity contribution in [2.75, 3.05) is 5.32 Å². The van der Waals surface area contributed by atoms with Gasteiger partial charge in [-0.3, -0.25) is 14.9 Å². The molecule has 3 aromatic rings. The molecule has 0 atom stereocenters. The Kier molecular flexibility index (Phi) is 6.46. The first-order valence-electron chi connectivity index (χ1n) is 8.66. The molecular formula is C21H20N6O. The van der Waals surface area contributed by atoms with Gasteiger partial charge in [0.1, 0.15) is 0 Å². The van der Waals surface area contributed by atoms with Gasteiger partial charge < -0.3 is 16.0 Å². The molecule has 0 fully saturated rings. The number of aromatic amines is 1. The van der Waals surface area contributed by atoms with Crippen LogP contribution in [-0.4, -0.2) is 27.3 Å². The van der Waals surface area contributed by atoms with Crippen LogP contribution < -0.4 is 10.6 Å². The fourth-order valence-corrected chi connectivity index (χ4v) is 2.55. The molecule has 0 saturated carbocycles. The minimum atomic E-state index is -0.221. The maximum absolute atomic E-state index is 12.2. The van der Waals surface area contributed by atoms with E-state index in [1.54, 1.807) is 43.1 Å². The van der Waals surface area contributed by atoms with E-state index in [4.69, 9.17) is 5.41 Å².